The number of hydrogen-bond acceptors (Lipinski definition) is 5. The smallest absolute Gasteiger partial charge is 0.231 e. The van der Waals surface area contributed by atoms with E-state index in [0.29, 0.717) is 28.1 Å². The van der Waals surface area contributed by atoms with Gasteiger partial charge in [0.05, 0.1) is 23.7 Å². The number of anilines is 2. The minimum Gasteiger partial charge on any atom is -0.495 e. The van der Waals surface area contributed by atoms with E-state index in [-0.39, 0.29) is 18.2 Å². The number of rotatable bonds is 4. The molecule has 0 spiro atoms. The largest absolute Gasteiger partial charge is 0.495 e. The van der Waals surface area contributed by atoms with Crippen molar-refractivity contribution in [3.63, 3.8) is 0 Å². The Labute approximate surface area is 148 Å². The highest BCUT2D eigenvalue weighted by Gasteiger charge is 2.35. The maximum Gasteiger partial charge on any atom is 0.231 e. The molecule has 24 heavy (non-hydrogen) atoms. The van der Waals surface area contributed by atoms with Gasteiger partial charge in [0.25, 0.3) is 0 Å². The maximum atomic E-state index is 12.3. The third-order valence-corrected chi connectivity index (χ3v) is 4.96. The highest BCUT2D eigenvalue weighted by molar-refractivity contribution is 7.13. The molecule has 2 heterocycles. The lowest BCUT2D eigenvalue weighted by Crippen LogP contribution is -2.28. The Bertz CT molecular complexity index is 793. The molecule has 1 fully saturated rings. The lowest BCUT2D eigenvalue weighted by molar-refractivity contribution is -0.122. The summed E-state index contributed by atoms with van der Waals surface area (Å²) in [5.74, 6) is -0.172. The molecular formula is C16H16ClN3O3S. The number of methoxy groups -OCH3 is 1. The number of aromatic nitrogens is 1. The molecule has 126 valence electrons. The van der Waals surface area contributed by atoms with Crippen molar-refractivity contribution < 1.29 is 14.3 Å². The topological polar surface area (TPSA) is 71.5 Å². The summed E-state index contributed by atoms with van der Waals surface area (Å²) < 4.78 is 5.11. The average Bonchev–Trinajstić information content (AvgIpc) is 3.13. The zero-order valence-electron chi connectivity index (χ0n) is 13.2. The van der Waals surface area contributed by atoms with Crippen molar-refractivity contribution in [3.05, 3.63) is 34.3 Å². The van der Waals surface area contributed by atoms with Gasteiger partial charge >= 0.3 is 0 Å². The van der Waals surface area contributed by atoms with Gasteiger partial charge in [0, 0.05) is 24.0 Å². The fraction of sp³-hybridized carbons (Fsp3) is 0.312. The van der Waals surface area contributed by atoms with Crippen LogP contribution in [0.5, 0.6) is 5.75 Å². The number of halogens is 1. The number of benzene rings is 1. The van der Waals surface area contributed by atoms with E-state index in [1.165, 1.54) is 18.4 Å². The minimum absolute atomic E-state index is 0.105. The number of nitrogens with zero attached hydrogens (tertiary/aromatic N) is 2. The van der Waals surface area contributed by atoms with E-state index in [4.69, 9.17) is 16.3 Å². The highest BCUT2D eigenvalue weighted by Crippen LogP contribution is 2.32. The van der Waals surface area contributed by atoms with Crippen molar-refractivity contribution in [2.45, 2.75) is 13.3 Å². The van der Waals surface area contributed by atoms with Crippen molar-refractivity contribution >= 4 is 45.6 Å². The van der Waals surface area contributed by atoms with E-state index in [1.807, 2.05) is 12.3 Å². The number of nitrogens with one attached hydrogen (secondary N) is 1. The van der Waals surface area contributed by atoms with Gasteiger partial charge in [0.2, 0.25) is 11.8 Å². The molecule has 1 saturated heterocycles. The van der Waals surface area contributed by atoms with Crippen LogP contribution in [0.4, 0.5) is 10.8 Å². The first-order valence-electron chi connectivity index (χ1n) is 7.35. The molecule has 1 aromatic carbocycles. The number of thiazole rings is 1. The molecule has 2 amide bonds. The Morgan fingerprint density at radius 1 is 1.50 bits per heavy atom. The summed E-state index contributed by atoms with van der Waals surface area (Å²) in [4.78, 5) is 30.4. The van der Waals surface area contributed by atoms with Gasteiger partial charge in [-0.3, -0.25) is 9.59 Å². The van der Waals surface area contributed by atoms with E-state index < -0.39 is 5.92 Å². The fourth-order valence-electron chi connectivity index (χ4n) is 2.57. The molecule has 1 N–H and O–H groups in total. The molecule has 1 unspecified atom stereocenters. The van der Waals surface area contributed by atoms with Crippen LogP contribution >= 0.6 is 22.9 Å². The lowest BCUT2D eigenvalue weighted by atomic mass is 10.1. The lowest BCUT2D eigenvalue weighted by Gasteiger charge is -2.17. The van der Waals surface area contributed by atoms with Crippen LogP contribution in [0.2, 0.25) is 5.02 Å². The predicted octanol–water partition coefficient (Wildman–Crippen LogP) is 3.11. The maximum absolute atomic E-state index is 12.3. The summed E-state index contributed by atoms with van der Waals surface area (Å²) in [6.07, 6.45) is 0.167. The molecule has 2 aromatic rings. The number of amides is 2. The highest BCUT2D eigenvalue weighted by atomic mass is 35.5. The predicted molar refractivity (Wildman–Crippen MR) is 93.9 cm³/mol. The van der Waals surface area contributed by atoms with Crippen molar-refractivity contribution in [1.82, 2.24) is 4.98 Å². The van der Waals surface area contributed by atoms with Gasteiger partial charge in [0.15, 0.2) is 5.13 Å². The Kier molecular flexibility index (Phi) is 4.73. The van der Waals surface area contributed by atoms with E-state index in [1.54, 1.807) is 23.1 Å². The molecule has 1 aromatic heterocycles. The molecular weight excluding hydrogens is 350 g/mol. The van der Waals surface area contributed by atoms with Crippen LogP contribution in [0.25, 0.3) is 0 Å². The van der Waals surface area contributed by atoms with Crippen molar-refractivity contribution in [2.24, 2.45) is 5.92 Å². The molecule has 6 nitrogen and oxygen atoms in total. The van der Waals surface area contributed by atoms with Gasteiger partial charge in [-0.2, -0.15) is 0 Å². The van der Waals surface area contributed by atoms with E-state index in [2.05, 4.69) is 10.3 Å². The van der Waals surface area contributed by atoms with Crippen molar-refractivity contribution in [1.29, 1.82) is 0 Å². The first kappa shape index (κ1) is 16.7. The molecule has 0 aliphatic carbocycles. The van der Waals surface area contributed by atoms with E-state index in [9.17, 15) is 9.59 Å². The number of carbonyl (C=O) groups is 2. The Balaban J connectivity index is 1.71. The molecule has 3 rings (SSSR count). The molecule has 1 aliphatic heterocycles. The summed E-state index contributed by atoms with van der Waals surface area (Å²) in [5.41, 5.74) is 1.51. The summed E-state index contributed by atoms with van der Waals surface area (Å²) in [7, 11) is 1.53. The fourth-order valence-corrected chi connectivity index (χ4v) is 3.52. The van der Waals surface area contributed by atoms with Crippen molar-refractivity contribution in [2.75, 3.05) is 23.9 Å². The minimum atomic E-state index is -0.414. The third-order valence-electron chi connectivity index (χ3n) is 3.79. The Hall–Kier alpha value is -2.12. The molecule has 0 bridgehead atoms. The second-order valence-electron chi connectivity index (χ2n) is 5.51. The normalized spacial score (nSPS) is 17.2. The van der Waals surface area contributed by atoms with Crippen LogP contribution in [0.15, 0.2) is 23.6 Å². The monoisotopic (exact) mass is 365 g/mol. The molecule has 8 heteroatoms. The van der Waals surface area contributed by atoms with E-state index >= 15 is 0 Å². The van der Waals surface area contributed by atoms with Gasteiger partial charge in [-0.25, -0.2) is 4.98 Å². The van der Waals surface area contributed by atoms with Gasteiger partial charge in [0.1, 0.15) is 5.75 Å². The second-order valence-corrected chi connectivity index (χ2v) is 6.77. The third kappa shape index (κ3) is 3.37. The van der Waals surface area contributed by atoms with Crippen LogP contribution in [0.1, 0.15) is 12.1 Å². The average molecular weight is 366 g/mol. The summed E-state index contributed by atoms with van der Waals surface area (Å²) >= 11 is 7.48. The van der Waals surface area contributed by atoms with Gasteiger partial charge in [-0.1, -0.05) is 11.6 Å². The SMILES string of the molecule is COc1ccc(N2CC(C(=O)Nc3nc(C)cs3)CC2=O)cc1Cl. The number of hydrogen-bond donors (Lipinski definition) is 1. The number of carbonyl (C=O) groups excluding carboxylic acids is 2. The standard InChI is InChI=1S/C16H16ClN3O3S/c1-9-8-24-16(18-9)19-15(22)10-5-14(21)20(7-10)11-3-4-13(23-2)12(17)6-11/h3-4,6,8,10H,5,7H2,1-2H3,(H,18,19,22). The first-order valence-corrected chi connectivity index (χ1v) is 8.60. The van der Waals surface area contributed by atoms with Crippen LogP contribution in [0.3, 0.4) is 0 Å². The number of ether oxygens (including phenoxy) is 1. The Morgan fingerprint density at radius 2 is 2.29 bits per heavy atom. The van der Waals surface area contributed by atoms with Crippen LogP contribution in [-0.2, 0) is 9.59 Å². The number of aryl methyl sites for hydroxylation is 1. The van der Waals surface area contributed by atoms with Gasteiger partial charge in [-0.15, -0.1) is 11.3 Å². The Morgan fingerprint density at radius 3 is 2.92 bits per heavy atom. The van der Waals surface area contributed by atoms with Crippen molar-refractivity contribution in [3.8, 4) is 5.75 Å². The van der Waals surface area contributed by atoms with Crippen LogP contribution in [-0.4, -0.2) is 30.5 Å². The zero-order chi connectivity index (χ0) is 17.3. The van der Waals surface area contributed by atoms with Crippen LogP contribution < -0.4 is 15.0 Å². The molecule has 0 saturated carbocycles. The van der Waals surface area contributed by atoms with Crippen LogP contribution in [0, 0.1) is 12.8 Å². The zero-order valence-corrected chi connectivity index (χ0v) is 14.8. The van der Waals surface area contributed by atoms with Gasteiger partial charge < -0.3 is 15.0 Å². The molecule has 1 aliphatic rings. The van der Waals surface area contributed by atoms with Gasteiger partial charge in [-0.05, 0) is 25.1 Å². The molecule has 1 atom stereocenters. The summed E-state index contributed by atoms with van der Waals surface area (Å²) in [5, 5.41) is 5.61. The molecule has 0 radical (unpaired) electrons. The quantitative estimate of drug-likeness (QED) is 0.903. The second kappa shape index (κ2) is 6.78. The first-order chi connectivity index (χ1) is 11.5. The van der Waals surface area contributed by atoms with E-state index in [0.717, 1.165) is 5.69 Å². The summed E-state index contributed by atoms with van der Waals surface area (Å²) in [6.45, 7) is 2.18. The summed E-state index contributed by atoms with van der Waals surface area (Å²) in [6, 6.07) is 5.13.